The molecule has 1 aliphatic heterocycles. The number of ether oxygens (including phenoxy) is 1. The lowest BCUT2D eigenvalue weighted by Crippen LogP contribution is -2.31. The van der Waals surface area contributed by atoms with Crippen LogP contribution in [-0.4, -0.2) is 32.1 Å². The Balaban J connectivity index is 2.25. The highest BCUT2D eigenvalue weighted by Gasteiger charge is 2.31. The molecule has 1 aromatic carbocycles. The van der Waals surface area contributed by atoms with Crippen LogP contribution in [0.25, 0.3) is 0 Å². The van der Waals surface area contributed by atoms with E-state index in [-0.39, 0.29) is 17.9 Å². The minimum absolute atomic E-state index is 0.184. The van der Waals surface area contributed by atoms with Crippen molar-refractivity contribution in [3.63, 3.8) is 0 Å². The third-order valence-electron chi connectivity index (χ3n) is 2.99. The Labute approximate surface area is 113 Å². The van der Waals surface area contributed by atoms with E-state index in [4.69, 9.17) is 4.74 Å². The van der Waals surface area contributed by atoms with E-state index in [0.29, 0.717) is 6.61 Å². The van der Waals surface area contributed by atoms with Gasteiger partial charge in [-0.15, -0.1) is 0 Å². The molecule has 0 saturated heterocycles. The van der Waals surface area contributed by atoms with E-state index in [9.17, 15) is 17.6 Å². The summed E-state index contributed by atoms with van der Waals surface area (Å²) in [5, 5.41) is 2.22. The number of halogens is 4. The predicted molar refractivity (Wildman–Crippen MR) is 67.6 cm³/mol. The fourth-order valence-electron chi connectivity index (χ4n) is 1.98. The van der Waals surface area contributed by atoms with Crippen molar-refractivity contribution >= 4 is 11.9 Å². The van der Waals surface area contributed by atoms with Crippen molar-refractivity contribution in [2.75, 3.05) is 25.1 Å². The largest absolute Gasteiger partial charge is 0.405 e. The summed E-state index contributed by atoms with van der Waals surface area (Å²) in [5.74, 6) is -0.521. The van der Waals surface area contributed by atoms with Crippen molar-refractivity contribution in [2.45, 2.75) is 18.6 Å². The molecule has 0 amide bonds. The molecular weight excluding hydrogens is 276 g/mol. The van der Waals surface area contributed by atoms with Gasteiger partial charge in [-0.2, -0.15) is 13.2 Å². The van der Waals surface area contributed by atoms with Crippen molar-refractivity contribution in [2.24, 2.45) is 4.99 Å². The van der Waals surface area contributed by atoms with Crippen LogP contribution in [0.3, 0.4) is 0 Å². The van der Waals surface area contributed by atoms with Gasteiger partial charge in [0.2, 0.25) is 0 Å². The summed E-state index contributed by atoms with van der Waals surface area (Å²) in [4.78, 5) is 4.20. The van der Waals surface area contributed by atoms with Gasteiger partial charge in [-0.25, -0.2) is 4.39 Å². The predicted octanol–water partition coefficient (Wildman–Crippen LogP) is 3.12. The molecule has 1 heterocycles. The summed E-state index contributed by atoms with van der Waals surface area (Å²) < 4.78 is 55.6. The smallest absolute Gasteiger partial charge is 0.376 e. The van der Waals surface area contributed by atoms with Gasteiger partial charge in [0.1, 0.15) is 17.9 Å². The molecule has 2 rings (SSSR count). The molecule has 0 bridgehead atoms. The van der Waals surface area contributed by atoms with E-state index >= 15 is 0 Å². The molecule has 1 aliphatic rings. The van der Waals surface area contributed by atoms with Gasteiger partial charge in [0, 0.05) is 17.5 Å². The summed E-state index contributed by atoms with van der Waals surface area (Å²) in [6, 6.07) is 3.73. The Hall–Kier alpha value is -1.63. The number of hydrogen-bond donors (Lipinski definition) is 1. The molecule has 7 heteroatoms. The van der Waals surface area contributed by atoms with Gasteiger partial charge in [-0.3, -0.25) is 4.99 Å². The third kappa shape index (κ3) is 3.47. The van der Waals surface area contributed by atoms with Gasteiger partial charge >= 0.3 is 6.18 Å². The lowest BCUT2D eigenvalue weighted by atomic mass is 9.92. The zero-order chi connectivity index (χ0) is 14.8. The fraction of sp³-hybridized carbons (Fsp3) is 0.462. The molecule has 3 nitrogen and oxygen atoms in total. The fourth-order valence-corrected chi connectivity index (χ4v) is 1.98. The molecule has 20 heavy (non-hydrogen) atoms. The minimum Gasteiger partial charge on any atom is -0.376 e. The highest BCUT2D eigenvalue weighted by Crippen LogP contribution is 2.31. The zero-order valence-corrected chi connectivity index (χ0v) is 10.8. The topological polar surface area (TPSA) is 33.6 Å². The zero-order valence-electron chi connectivity index (χ0n) is 10.8. The monoisotopic (exact) mass is 290 g/mol. The minimum atomic E-state index is -4.33. The Morgan fingerprint density at radius 2 is 2.15 bits per heavy atom. The number of aliphatic imine (C=N–C) groups is 1. The summed E-state index contributed by atoms with van der Waals surface area (Å²) in [7, 11) is 0. The number of nitrogens with one attached hydrogen (secondary N) is 1. The van der Waals surface area contributed by atoms with E-state index in [1.165, 1.54) is 18.3 Å². The van der Waals surface area contributed by atoms with Gasteiger partial charge in [-0.1, -0.05) is 0 Å². The van der Waals surface area contributed by atoms with Crippen LogP contribution in [0.1, 0.15) is 12.5 Å². The number of nitrogens with zero attached hydrogens (tertiary/aromatic N) is 1. The molecule has 110 valence electrons. The van der Waals surface area contributed by atoms with E-state index < -0.39 is 24.1 Å². The second kappa shape index (κ2) is 5.40. The lowest BCUT2D eigenvalue weighted by molar-refractivity contribution is -0.115. The van der Waals surface area contributed by atoms with Crippen molar-refractivity contribution in [3.05, 3.63) is 29.6 Å². The van der Waals surface area contributed by atoms with Crippen LogP contribution in [0.4, 0.5) is 23.2 Å². The van der Waals surface area contributed by atoms with Crippen LogP contribution in [-0.2, 0) is 10.3 Å². The van der Waals surface area contributed by atoms with Crippen LogP contribution in [0.2, 0.25) is 0 Å². The van der Waals surface area contributed by atoms with Crippen molar-refractivity contribution in [1.29, 1.82) is 0 Å². The number of rotatable bonds is 3. The first kappa shape index (κ1) is 14.8. The molecule has 0 spiro atoms. The van der Waals surface area contributed by atoms with Crippen molar-refractivity contribution < 1.29 is 22.3 Å². The average Bonchev–Trinajstić information content (AvgIpc) is 2.37. The summed E-state index contributed by atoms with van der Waals surface area (Å²) >= 11 is 0. The third-order valence-corrected chi connectivity index (χ3v) is 2.99. The van der Waals surface area contributed by atoms with E-state index in [2.05, 4.69) is 10.3 Å². The highest BCUT2D eigenvalue weighted by atomic mass is 19.4. The molecule has 0 aliphatic carbocycles. The first-order valence-electron chi connectivity index (χ1n) is 6.02. The Kier molecular flexibility index (Phi) is 3.99. The maximum Gasteiger partial charge on any atom is 0.405 e. The van der Waals surface area contributed by atoms with Crippen molar-refractivity contribution in [1.82, 2.24) is 0 Å². The molecule has 0 aromatic heterocycles. The first-order valence-corrected chi connectivity index (χ1v) is 6.02. The summed E-state index contributed by atoms with van der Waals surface area (Å²) in [5.41, 5.74) is -0.514. The molecular formula is C13H14F4N2O. The molecule has 1 N–H and O–H groups in total. The van der Waals surface area contributed by atoms with E-state index in [1.54, 1.807) is 6.92 Å². The Bertz CT molecular complexity index is 516. The SMILES string of the molecule is C[C@@]1(c2cc(NCC(F)(F)F)ccc2F)COCC=N1. The van der Waals surface area contributed by atoms with Crippen LogP contribution in [0.15, 0.2) is 23.2 Å². The Morgan fingerprint density at radius 1 is 1.40 bits per heavy atom. The van der Waals surface area contributed by atoms with Crippen LogP contribution in [0.5, 0.6) is 0 Å². The quantitative estimate of drug-likeness (QED) is 0.868. The molecule has 1 aromatic rings. The average molecular weight is 290 g/mol. The lowest BCUT2D eigenvalue weighted by Gasteiger charge is -2.29. The molecule has 0 fully saturated rings. The van der Waals surface area contributed by atoms with Gasteiger partial charge in [0.15, 0.2) is 0 Å². The summed E-state index contributed by atoms with van der Waals surface area (Å²) in [6.45, 7) is 1.04. The van der Waals surface area contributed by atoms with Crippen LogP contribution >= 0.6 is 0 Å². The summed E-state index contributed by atoms with van der Waals surface area (Å²) in [6.07, 6.45) is -2.80. The number of benzene rings is 1. The number of hydrogen-bond acceptors (Lipinski definition) is 3. The molecule has 0 unspecified atom stereocenters. The van der Waals surface area contributed by atoms with Crippen LogP contribution in [0, 0.1) is 5.82 Å². The molecule has 0 radical (unpaired) electrons. The van der Waals surface area contributed by atoms with Gasteiger partial charge in [0.25, 0.3) is 0 Å². The standard InChI is InChI=1S/C13H14F4N2O/c1-12(8-20-5-4-19-12)10-6-9(2-3-11(10)14)18-7-13(15,16)17/h2-4,6,18H,5,7-8H2,1H3/t12-/m0/s1. The van der Waals surface area contributed by atoms with Gasteiger partial charge < -0.3 is 10.1 Å². The van der Waals surface area contributed by atoms with Crippen LogP contribution < -0.4 is 5.32 Å². The molecule has 0 saturated carbocycles. The van der Waals surface area contributed by atoms with E-state index in [1.807, 2.05) is 0 Å². The Morgan fingerprint density at radius 3 is 2.75 bits per heavy atom. The van der Waals surface area contributed by atoms with Gasteiger partial charge in [-0.05, 0) is 25.1 Å². The van der Waals surface area contributed by atoms with Crippen molar-refractivity contribution in [3.8, 4) is 0 Å². The maximum absolute atomic E-state index is 13.9. The number of anilines is 1. The normalized spacial score (nSPS) is 22.9. The molecule has 1 atom stereocenters. The second-order valence-corrected chi connectivity index (χ2v) is 4.76. The maximum atomic E-state index is 13.9. The highest BCUT2D eigenvalue weighted by molar-refractivity contribution is 5.61. The number of alkyl halides is 3. The van der Waals surface area contributed by atoms with E-state index in [0.717, 1.165) is 6.07 Å². The second-order valence-electron chi connectivity index (χ2n) is 4.76. The van der Waals surface area contributed by atoms with Gasteiger partial charge in [0.05, 0.1) is 13.2 Å². The first-order chi connectivity index (χ1) is 9.30.